The van der Waals surface area contributed by atoms with Crippen LogP contribution in [0, 0.1) is 0 Å². The van der Waals surface area contributed by atoms with Crippen LogP contribution in [0.5, 0.6) is 34.5 Å². The maximum absolute atomic E-state index is 12.0. The molecule has 0 fully saturated rings. The van der Waals surface area contributed by atoms with Crippen molar-refractivity contribution >= 4 is 0 Å². The molecule has 6 aromatic rings. The molecule has 6 aromatic carbocycles. The van der Waals surface area contributed by atoms with E-state index in [4.69, 9.17) is 37.9 Å². The highest BCUT2D eigenvalue weighted by Crippen LogP contribution is 2.39. The molecular weight excluding hydrogens is 809 g/mol. The number of ether oxygens (including phenoxy) is 8. The Bertz CT molecular complexity index is 2190. The van der Waals surface area contributed by atoms with E-state index in [0.29, 0.717) is 118 Å². The minimum absolute atomic E-state index is 0.245. The molecule has 0 radical (unpaired) electrons. The fraction of sp³-hybridized carbons (Fsp3) is 0.333. The summed E-state index contributed by atoms with van der Waals surface area (Å²) >= 11 is 0. The lowest BCUT2D eigenvalue weighted by molar-refractivity contribution is 0.0268. The Kier molecular flexibility index (Phi) is 14.2. The van der Waals surface area contributed by atoms with Gasteiger partial charge >= 0.3 is 0 Å². The molecule has 0 amide bonds. The minimum atomic E-state index is 0.245. The highest BCUT2D eigenvalue weighted by molar-refractivity contribution is 5.57. The SMILES string of the molecule is Oc1c2cccc1Cc1cccc3c1OCCOCCOCCOc1c(cccc1Cc1cccc4c1OCCOCCOCCOc1c(cccc1C3)Cc1cccc(c1O)C4)C2. The lowest BCUT2D eigenvalue weighted by atomic mass is 9.91. The summed E-state index contributed by atoms with van der Waals surface area (Å²) < 4.78 is 50.6. The molecule has 0 saturated heterocycles. The number of benzene rings is 6. The van der Waals surface area contributed by atoms with Crippen LogP contribution in [-0.2, 0) is 57.5 Å². The average molecular weight is 865 g/mol. The molecule has 0 spiro atoms. The van der Waals surface area contributed by atoms with Gasteiger partial charge in [0.05, 0.1) is 52.9 Å². The van der Waals surface area contributed by atoms with Crippen LogP contribution in [0.4, 0.5) is 0 Å². The Hall–Kier alpha value is -6.04. The fourth-order valence-corrected chi connectivity index (χ4v) is 8.95. The molecule has 16 bridgehead atoms. The summed E-state index contributed by atoms with van der Waals surface area (Å²) in [6, 6.07) is 36.8. The molecule has 64 heavy (non-hydrogen) atoms. The van der Waals surface area contributed by atoms with E-state index in [1.807, 2.05) is 60.7 Å². The standard InChI is InChI=1S/C54H56O10/c55-49-37-7-1-8-38(49)32-42-12-4-16-46-36-48-18-6-14-44-34-40-10-2-9-39(50(40)56)33-43-13-5-17-47(53(43)63-29-25-59-21-22-60-26-30-64-54(44)48)35-45-15-3-11-41(31-37)51(45)61-27-23-57-19-20-58-24-28-62-52(42)46/h1-18,55-56H,19-36H2. The monoisotopic (exact) mass is 864 g/mol. The quantitative estimate of drug-likeness (QED) is 0.154. The van der Waals surface area contributed by atoms with Crippen LogP contribution in [0.2, 0.25) is 0 Å². The van der Waals surface area contributed by atoms with E-state index in [9.17, 15) is 10.2 Å². The molecule has 0 atom stereocenters. The summed E-state index contributed by atoms with van der Waals surface area (Å²) in [6.07, 6.45) is 2.79. The van der Waals surface area contributed by atoms with Crippen LogP contribution in [-0.4, -0.2) is 89.5 Å². The molecule has 0 saturated carbocycles. The molecule has 3 aliphatic rings. The van der Waals surface area contributed by atoms with E-state index in [1.165, 1.54) is 0 Å². The molecule has 10 heteroatoms. The highest BCUT2D eigenvalue weighted by atomic mass is 16.6. The van der Waals surface area contributed by atoms with Crippen LogP contribution >= 0.6 is 0 Å². The third-order valence-electron chi connectivity index (χ3n) is 12.0. The van der Waals surface area contributed by atoms with Crippen molar-refractivity contribution in [2.45, 2.75) is 38.5 Å². The number of rotatable bonds is 0. The minimum Gasteiger partial charge on any atom is -0.507 e. The van der Waals surface area contributed by atoms with Gasteiger partial charge in [-0.15, -0.1) is 0 Å². The van der Waals surface area contributed by atoms with E-state index >= 15 is 0 Å². The van der Waals surface area contributed by atoms with Crippen LogP contribution in [0.25, 0.3) is 0 Å². The van der Waals surface area contributed by atoms with Crippen molar-refractivity contribution in [2.75, 3.05) is 79.3 Å². The van der Waals surface area contributed by atoms with Gasteiger partial charge in [0.25, 0.3) is 0 Å². The first kappa shape index (κ1) is 43.2. The van der Waals surface area contributed by atoms with Gasteiger partial charge in [-0.2, -0.15) is 0 Å². The van der Waals surface area contributed by atoms with Crippen LogP contribution in [0.15, 0.2) is 109 Å². The van der Waals surface area contributed by atoms with Crippen molar-refractivity contribution in [2.24, 2.45) is 0 Å². The topological polar surface area (TPSA) is 114 Å². The Morgan fingerprint density at radius 1 is 0.234 bits per heavy atom. The lowest BCUT2D eigenvalue weighted by Gasteiger charge is -2.21. The summed E-state index contributed by atoms with van der Waals surface area (Å²) in [5, 5.41) is 24.1. The normalized spacial score (nSPS) is 16.6. The van der Waals surface area contributed by atoms with Crippen molar-refractivity contribution in [1.29, 1.82) is 0 Å². The largest absolute Gasteiger partial charge is 0.507 e. The number of hydrogen-bond donors (Lipinski definition) is 2. The lowest BCUT2D eigenvalue weighted by Crippen LogP contribution is -2.15. The second-order valence-electron chi connectivity index (χ2n) is 16.4. The summed E-state index contributed by atoms with van der Waals surface area (Å²) in [5.41, 5.74) is 10.9. The number of phenols is 2. The van der Waals surface area contributed by atoms with E-state index in [1.54, 1.807) is 0 Å². The van der Waals surface area contributed by atoms with E-state index in [0.717, 1.165) is 89.8 Å². The first-order chi connectivity index (χ1) is 31.6. The number of phenolic OH excluding ortho intramolecular Hbond substituents is 2. The van der Waals surface area contributed by atoms with Gasteiger partial charge < -0.3 is 48.1 Å². The van der Waals surface area contributed by atoms with Crippen LogP contribution in [0.3, 0.4) is 0 Å². The molecular formula is C54H56O10. The zero-order valence-corrected chi connectivity index (χ0v) is 36.3. The molecule has 10 nitrogen and oxygen atoms in total. The first-order valence-corrected chi connectivity index (χ1v) is 22.4. The van der Waals surface area contributed by atoms with Crippen molar-refractivity contribution < 1.29 is 48.1 Å². The molecule has 9 rings (SSSR count). The molecule has 1 aliphatic carbocycles. The van der Waals surface area contributed by atoms with Gasteiger partial charge in [0.2, 0.25) is 0 Å². The third-order valence-corrected chi connectivity index (χ3v) is 12.0. The van der Waals surface area contributed by atoms with E-state index in [2.05, 4.69) is 48.5 Å². The summed E-state index contributed by atoms with van der Waals surface area (Å²) in [4.78, 5) is 0. The van der Waals surface area contributed by atoms with Gasteiger partial charge in [-0.05, 0) is 66.8 Å². The van der Waals surface area contributed by atoms with Gasteiger partial charge in [-0.25, -0.2) is 0 Å². The molecule has 2 aliphatic heterocycles. The van der Waals surface area contributed by atoms with Crippen molar-refractivity contribution in [1.82, 2.24) is 0 Å². The Morgan fingerprint density at radius 2 is 0.406 bits per heavy atom. The highest BCUT2D eigenvalue weighted by Gasteiger charge is 2.22. The Morgan fingerprint density at radius 3 is 0.625 bits per heavy atom. The Labute approximate surface area is 375 Å². The summed E-state index contributed by atoms with van der Waals surface area (Å²) in [6.45, 7) is 4.45. The Balaban J connectivity index is 1.24. The number of aromatic hydroxyl groups is 2. The van der Waals surface area contributed by atoms with E-state index < -0.39 is 0 Å². The van der Waals surface area contributed by atoms with Crippen molar-refractivity contribution in [3.05, 3.63) is 176 Å². The van der Waals surface area contributed by atoms with Crippen LogP contribution < -0.4 is 18.9 Å². The number of para-hydroxylation sites is 6. The second kappa shape index (κ2) is 21.1. The average Bonchev–Trinajstić information content (AvgIpc) is 3.29. The third kappa shape index (κ3) is 10.3. The summed E-state index contributed by atoms with van der Waals surface area (Å²) in [7, 11) is 0. The molecule has 332 valence electrons. The number of hydrogen-bond acceptors (Lipinski definition) is 10. The zero-order chi connectivity index (χ0) is 43.5. The predicted molar refractivity (Wildman–Crippen MR) is 244 cm³/mol. The predicted octanol–water partition coefficient (Wildman–Crippen LogP) is 8.56. The van der Waals surface area contributed by atoms with Gasteiger partial charge in [-0.1, -0.05) is 109 Å². The smallest absolute Gasteiger partial charge is 0.126 e. The van der Waals surface area contributed by atoms with Gasteiger partial charge in [0.15, 0.2) is 0 Å². The molecule has 0 aromatic heterocycles. The second-order valence-corrected chi connectivity index (χ2v) is 16.4. The van der Waals surface area contributed by atoms with Crippen LogP contribution in [0.1, 0.15) is 66.8 Å². The first-order valence-electron chi connectivity index (χ1n) is 22.4. The summed E-state index contributed by atoms with van der Waals surface area (Å²) in [5.74, 6) is 3.48. The van der Waals surface area contributed by atoms with Crippen molar-refractivity contribution in [3.63, 3.8) is 0 Å². The maximum Gasteiger partial charge on any atom is 0.126 e. The molecule has 0 unspecified atom stereocenters. The van der Waals surface area contributed by atoms with Gasteiger partial charge in [0.1, 0.15) is 60.9 Å². The van der Waals surface area contributed by atoms with Gasteiger partial charge in [0, 0.05) is 38.5 Å². The molecule has 2 heterocycles. The van der Waals surface area contributed by atoms with E-state index in [-0.39, 0.29) is 11.5 Å². The maximum atomic E-state index is 12.0. The van der Waals surface area contributed by atoms with Crippen molar-refractivity contribution in [3.8, 4) is 34.5 Å². The fourth-order valence-electron chi connectivity index (χ4n) is 8.95. The zero-order valence-electron chi connectivity index (χ0n) is 36.3. The van der Waals surface area contributed by atoms with Gasteiger partial charge in [-0.3, -0.25) is 0 Å². The molecule has 2 N–H and O–H groups in total.